The van der Waals surface area contributed by atoms with Gasteiger partial charge in [0.1, 0.15) is 6.10 Å². The largest absolute Gasteiger partial charge is 0.481 e. The quantitative estimate of drug-likeness (QED) is 0.107. The maximum Gasteiger partial charge on any atom is 0.416 e. The first-order valence-electron chi connectivity index (χ1n) is 14.8. The van der Waals surface area contributed by atoms with Gasteiger partial charge in [-0.15, -0.1) is 0 Å². The van der Waals surface area contributed by atoms with E-state index in [-0.39, 0.29) is 28.8 Å². The summed E-state index contributed by atoms with van der Waals surface area (Å²) < 4.78 is 122. The van der Waals surface area contributed by atoms with Gasteiger partial charge in [-0.25, -0.2) is 33.0 Å². The number of nitrogens with zero attached hydrogens (tertiary/aromatic N) is 4. The number of esters is 1. The molecule has 4 aromatic rings. The number of halogens is 6. The van der Waals surface area contributed by atoms with Gasteiger partial charge in [-0.3, -0.25) is 4.90 Å². The van der Waals surface area contributed by atoms with E-state index < -0.39 is 74.8 Å². The van der Waals surface area contributed by atoms with E-state index in [1.54, 1.807) is 31.2 Å². The molecule has 2 aromatic carbocycles. The van der Waals surface area contributed by atoms with Crippen molar-refractivity contribution in [3.05, 3.63) is 88.4 Å². The van der Waals surface area contributed by atoms with Crippen LogP contribution in [0.2, 0.25) is 0 Å². The van der Waals surface area contributed by atoms with Crippen LogP contribution in [0.1, 0.15) is 51.3 Å². The molecule has 1 fully saturated rings. The first-order chi connectivity index (χ1) is 23.7. The number of cyclic esters (lactones) is 1. The number of amides is 1. The predicted molar refractivity (Wildman–Crippen MR) is 167 cm³/mol. The molecule has 0 radical (unpaired) electrons. The summed E-state index contributed by atoms with van der Waals surface area (Å²) in [6.45, 7) is 2.59. The zero-order chi connectivity index (χ0) is 37.6. The summed E-state index contributed by atoms with van der Waals surface area (Å²) in [6, 6.07) is 6.22. The Morgan fingerprint density at radius 2 is 1.57 bits per heavy atom. The minimum Gasteiger partial charge on any atom is -0.481 e. The number of sulfone groups is 1. The fourth-order valence-electron chi connectivity index (χ4n) is 5.57. The van der Waals surface area contributed by atoms with Gasteiger partial charge in [-0.2, -0.15) is 26.3 Å². The van der Waals surface area contributed by atoms with E-state index in [1.807, 2.05) is 0 Å². The van der Waals surface area contributed by atoms with Crippen LogP contribution < -0.4 is 4.74 Å². The van der Waals surface area contributed by atoms with Crippen LogP contribution in [0.25, 0.3) is 22.3 Å². The molecule has 5 rings (SSSR count). The summed E-state index contributed by atoms with van der Waals surface area (Å²) in [5.41, 5.74) is -1.27. The highest BCUT2D eigenvalue weighted by Crippen LogP contribution is 2.42. The molecule has 0 aliphatic carbocycles. The Balaban J connectivity index is 1.59. The number of hydrogen-bond acceptors (Lipinski definition) is 10. The molecule has 0 saturated carbocycles. The molecule has 2 aromatic heterocycles. The Kier molecular flexibility index (Phi) is 9.77. The fraction of sp³-hybridized carbons (Fsp3) is 0.303. The number of alkyl halides is 6. The molecule has 2 unspecified atom stereocenters. The summed E-state index contributed by atoms with van der Waals surface area (Å²) in [4.78, 5) is 38.8. The lowest BCUT2D eigenvalue weighted by Crippen LogP contribution is -2.32. The smallest absolute Gasteiger partial charge is 0.416 e. The van der Waals surface area contributed by atoms with Crippen molar-refractivity contribution in [2.45, 2.75) is 50.0 Å². The van der Waals surface area contributed by atoms with Crippen LogP contribution in [0.5, 0.6) is 5.88 Å². The van der Waals surface area contributed by atoms with Crippen LogP contribution in [-0.4, -0.2) is 66.8 Å². The lowest BCUT2D eigenvalue weighted by Gasteiger charge is -2.23. The second-order valence-corrected chi connectivity index (χ2v) is 13.5. The SMILES string of the molecule is COC(=O)c1ccc(-c2cnc(OC)c(-c3cnc(S(C)(=O)=O)nc3CN3C(=O)OC(c4cc(C(F)(F)F)cc(C(F)(F)F)c4)C3C)c2)c(C)c1. The van der Waals surface area contributed by atoms with E-state index >= 15 is 0 Å². The number of aryl methyl sites for hydroxylation is 1. The third kappa shape index (κ3) is 7.59. The molecule has 18 heteroatoms. The van der Waals surface area contributed by atoms with Crippen molar-refractivity contribution in [2.75, 3.05) is 20.5 Å². The number of rotatable bonds is 8. The fourth-order valence-corrected chi connectivity index (χ4v) is 6.09. The molecule has 2 atom stereocenters. The van der Waals surface area contributed by atoms with Gasteiger partial charge in [-0.05, 0) is 66.9 Å². The average Bonchev–Trinajstić information content (AvgIpc) is 3.34. The molecule has 1 amide bonds. The third-order valence-corrected chi connectivity index (χ3v) is 8.98. The molecule has 1 aliphatic rings. The van der Waals surface area contributed by atoms with Gasteiger partial charge in [0.05, 0.1) is 49.2 Å². The molecule has 51 heavy (non-hydrogen) atoms. The molecular weight excluding hydrogens is 710 g/mol. The van der Waals surface area contributed by atoms with Crippen molar-refractivity contribution in [1.29, 1.82) is 0 Å². The standard InChI is InChI=1S/C33H28F6N4O7S/c1-16-8-18(29(44)49-4)6-7-23(16)20-11-24(28(48-3)40-13-20)25-14-41-30(51(5,46)47)42-26(25)15-43-17(2)27(50-31(43)45)19-9-21(32(34,35)36)12-22(10-19)33(37,38)39/h6-14,17,27H,15H2,1-5H3. The topological polar surface area (TPSA) is 138 Å². The zero-order valence-corrected chi connectivity index (χ0v) is 28.2. The minimum absolute atomic E-state index is 0.0346. The zero-order valence-electron chi connectivity index (χ0n) is 27.4. The van der Waals surface area contributed by atoms with Crippen LogP contribution in [0, 0.1) is 6.92 Å². The minimum atomic E-state index is -5.14. The number of aromatic nitrogens is 3. The Morgan fingerprint density at radius 3 is 2.12 bits per heavy atom. The second kappa shape index (κ2) is 13.5. The molecule has 1 saturated heterocycles. The lowest BCUT2D eigenvalue weighted by atomic mass is 9.96. The number of hydrogen-bond donors (Lipinski definition) is 0. The van der Waals surface area contributed by atoms with Crippen LogP contribution in [0.15, 0.2) is 60.0 Å². The van der Waals surface area contributed by atoms with Gasteiger partial charge in [0.25, 0.3) is 0 Å². The molecule has 1 aliphatic heterocycles. The van der Waals surface area contributed by atoms with E-state index in [2.05, 4.69) is 15.0 Å². The highest BCUT2D eigenvalue weighted by Gasteiger charge is 2.44. The monoisotopic (exact) mass is 738 g/mol. The van der Waals surface area contributed by atoms with E-state index in [4.69, 9.17) is 14.2 Å². The molecule has 3 heterocycles. The predicted octanol–water partition coefficient (Wildman–Crippen LogP) is 6.83. The van der Waals surface area contributed by atoms with Gasteiger partial charge < -0.3 is 14.2 Å². The molecule has 0 N–H and O–H groups in total. The Labute approximate surface area is 287 Å². The van der Waals surface area contributed by atoms with Crippen LogP contribution in [-0.2, 0) is 38.2 Å². The van der Waals surface area contributed by atoms with Gasteiger partial charge in [-0.1, -0.05) is 6.07 Å². The van der Waals surface area contributed by atoms with Crippen LogP contribution in [0.3, 0.4) is 0 Å². The van der Waals surface area contributed by atoms with E-state index in [0.717, 1.165) is 11.2 Å². The number of carbonyl (C=O) groups excluding carboxylic acids is 2. The normalized spacial score (nSPS) is 16.6. The molecule has 270 valence electrons. The summed E-state index contributed by atoms with van der Waals surface area (Å²) in [7, 11) is -1.45. The van der Waals surface area contributed by atoms with E-state index in [0.29, 0.717) is 34.4 Å². The van der Waals surface area contributed by atoms with E-state index in [9.17, 15) is 44.3 Å². The molecule has 0 spiro atoms. The molecule has 11 nitrogen and oxygen atoms in total. The van der Waals surface area contributed by atoms with Crippen molar-refractivity contribution in [1.82, 2.24) is 19.9 Å². The van der Waals surface area contributed by atoms with Crippen LogP contribution >= 0.6 is 0 Å². The average molecular weight is 739 g/mol. The summed E-state index contributed by atoms with van der Waals surface area (Å²) in [5, 5.41) is -0.622. The molecule has 0 bridgehead atoms. The van der Waals surface area contributed by atoms with Gasteiger partial charge in [0.15, 0.2) is 0 Å². The highest BCUT2D eigenvalue weighted by atomic mass is 32.2. The van der Waals surface area contributed by atoms with Gasteiger partial charge in [0.2, 0.25) is 20.9 Å². The first-order valence-corrected chi connectivity index (χ1v) is 16.7. The summed E-state index contributed by atoms with van der Waals surface area (Å²) >= 11 is 0. The Hall–Kier alpha value is -5.26. The maximum absolute atomic E-state index is 13.6. The van der Waals surface area contributed by atoms with Crippen molar-refractivity contribution in [3.8, 4) is 28.1 Å². The van der Waals surface area contributed by atoms with E-state index in [1.165, 1.54) is 33.5 Å². The number of benzene rings is 2. The third-order valence-electron chi connectivity index (χ3n) is 8.12. The Bertz CT molecular complexity index is 2110. The molecular formula is C33H28F6N4O7S. The van der Waals surface area contributed by atoms with Crippen LogP contribution in [0.4, 0.5) is 31.1 Å². The number of methoxy groups -OCH3 is 2. The summed E-state index contributed by atoms with van der Waals surface area (Å²) in [5.74, 6) is -0.505. The first kappa shape index (κ1) is 37.0. The number of ether oxygens (including phenoxy) is 3. The number of pyridine rings is 1. The lowest BCUT2D eigenvalue weighted by molar-refractivity contribution is -0.143. The maximum atomic E-state index is 13.6. The Morgan fingerprint density at radius 1 is 0.922 bits per heavy atom. The van der Waals surface area contributed by atoms with Crippen molar-refractivity contribution in [3.63, 3.8) is 0 Å². The summed E-state index contributed by atoms with van der Waals surface area (Å²) in [6.07, 6.45) is -9.44. The van der Waals surface area contributed by atoms with Crippen molar-refractivity contribution in [2.24, 2.45) is 0 Å². The highest BCUT2D eigenvalue weighted by molar-refractivity contribution is 7.90. The van der Waals surface area contributed by atoms with Crippen molar-refractivity contribution >= 4 is 21.9 Å². The second-order valence-electron chi connectivity index (χ2n) is 11.6. The number of carbonyl (C=O) groups is 2. The van der Waals surface area contributed by atoms with Gasteiger partial charge >= 0.3 is 24.4 Å². The van der Waals surface area contributed by atoms with Gasteiger partial charge in [0, 0.05) is 35.3 Å². The van der Waals surface area contributed by atoms with Crippen molar-refractivity contribution < 1.29 is 58.6 Å².